The number of amides is 1. The van der Waals surface area contributed by atoms with Crippen LogP contribution in [0.5, 0.6) is 5.75 Å². The van der Waals surface area contributed by atoms with Gasteiger partial charge in [0, 0.05) is 5.69 Å². The molecule has 1 aromatic heterocycles. The van der Waals surface area contributed by atoms with Gasteiger partial charge in [-0.1, -0.05) is 11.6 Å². The van der Waals surface area contributed by atoms with Gasteiger partial charge in [0.2, 0.25) is 0 Å². The largest absolute Gasteiger partial charge is 0.495 e. The number of anilines is 1. The minimum absolute atomic E-state index is 0.300. The van der Waals surface area contributed by atoms with Crippen LogP contribution in [0.2, 0.25) is 5.02 Å². The highest BCUT2D eigenvalue weighted by atomic mass is 35.5. The molecular formula is C13H11ClN2O3. The number of halogens is 1. The van der Waals surface area contributed by atoms with E-state index in [1.54, 1.807) is 18.2 Å². The van der Waals surface area contributed by atoms with Crippen molar-refractivity contribution in [3.05, 3.63) is 46.7 Å². The average molecular weight is 279 g/mol. The van der Waals surface area contributed by atoms with Crippen LogP contribution in [0.1, 0.15) is 21.0 Å². The molecule has 0 bridgehead atoms. The average Bonchev–Trinajstić information content (AvgIpc) is 2.88. The summed E-state index contributed by atoms with van der Waals surface area (Å²) in [6, 6.07) is 7.98. The number of carbonyl (C=O) groups is 2. The number of aromatic nitrogens is 1. The number of benzene rings is 1. The summed E-state index contributed by atoms with van der Waals surface area (Å²) in [5.74, 6) is 0.178. The van der Waals surface area contributed by atoms with E-state index in [1.807, 2.05) is 0 Å². The van der Waals surface area contributed by atoms with Gasteiger partial charge in [0.25, 0.3) is 5.91 Å². The molecule has 0 unspecified atom stereocenters. The molecule has 5 nitrogen and oxygen atoms in total. The normalized spacial score (nSPS) is 10.0. The van der Waals surface area contributed by atoms with Gasteiger partial charge in [-0.25, -0.2) is 0 Å². The highest BCUT2D eigenvalue weighted by Crippen LogP contribution is 2.27. The monoisotopic (exact) mass is 278 g/mol. The minimum Gasteiger partial charge on any atom is -0.495 e. The zero-order valence-corrected chi connectivity index (χ0v) is 10.8. The highest BCUT2D eigenvalue weighted by Gasteiger charge is 2.09. The van der Waals surface area contributed by atoms with Crippen LogP contribution in [0, 0.1) is 0 Å². The molecule has 2 rings (SSSR count). The van der Waals surface area contributed by atoms with Crippen molar-refractivity contribution in [1.29, 1.82) is 0 Å². The van der Waals surface area contributed by atoms with Gasteiger partial charge in [0.15, 0.2) is 6.29 Å². The second kappa shape index (κ2) is 5.58. The maximum Gasteiger partial charge on any atom is 0.272 e. The molecule has 0 aliphatic carbocycles. The van der Waals surface area contributed by atoms with E-state index in [0.717, 1.165) is 0 Å². The molecule has 0 radical (unpaired) electrons. The molecule has 6 heteroatoms. The molecule has 0 aliphatic rings. The Kier molecular flexibility index (Phi) is 3.87. The fraction of sp³-hybridized carbons (Fsp3) is 0.0769. The number of nitrogens with one attached hydrogen (secondary N) is 2. The minimum atomic E-state index is -0.352. The van der Waals surface area contributed by atoms with Gasteiger partial charge < -0.3 is 15.0 Å². The van der Waals surface area contributed by atoms with E-state index in [-0.39, 0.29) is 5.91 Å². The van der Waals surface area contributed by atoms with Crippen LogP contribution in [0.25, 0.3) is 0 Å². The van der Waals surface area contributed by atoms with E-state index in [4.69, 9.17) is 16.3 Å². The van der Waals surface area contributed by atoms with Gasteiger partial charge in [-0.05, 0) is 30.3 Å². The number of carbonyl (C=O) groups excluding carboxylic acids is 2. The van der Waals surface area contributed by atoms with Gasteiger partial charge in [-0.3, -0.25) is 9.59 Å². The Hall–Kier alpha value is -2.27. The Morgan fingerprint density at radius 2 is 2.16 bits per heavy atom. The third-order valence-electron chi connectivity index (χ3n) is 2.49. The van der Waals surface area contributed by atoms with E-state index in [1.165, 1.54) is 19.2 Å². The number of hydrogen-bond donors (Lipinski definition) is 2. The van der Waals surface area contributed by atoms with Crippen LogP contribution in [0.3, 0.4) is 0 Å². The van der Waals surface area contributed by atoms with Gasteiger partial charge in [-0.15, -0.1) is 0 Å². The first kappa shape index (κ1) is 13.2. The van der Waals surface area contributed by atoms with Gasteiger partial charge in [-0.2, -0.15) is 0 Å². The van der Waals surface area contributed by atoms with Crippen molar-refractivity contribution in [1.82, 2.24) is 4.98 Å². The van der Waals surface area contributed by atoms with Crippen molar-refractivity contribution in [2.24, 2.45) is 0 Å². The van der Waals surface area contributed by atoms with Gasteiger partial charge >= 0.3 is 0 Å². The summed E-state index contributed by atoms with van der Waals surface area (Å²) in [5.41, 5.74) is 1.19. The molecule has 0 saturated heterocycles. The number of hydrogen-bond acceptors (Lipinski definition) is 3. The number of ether oxygens (including phenoxy) is 1. The van der Waals surface area contributed by atoms with Crippen molar-refractivity contribution in [2.75, 3.05) is 12.4 Å². The molecule has 1 aromatic carbocycles. The predicted molar refractivity (Wildman–Crippen MR) is 72.1 cm³/mol. The maximum absolute atomic E-state index is 11.9. The number of H-pyrrole nitrogens is 1. The fourth-order valence-corrected chi connectivity index (χ4v) is 1.81. The van der Waals surface area contributed by atoms with Gasteiger partial charge in [0.05, 0.1) is 17.8 Å². The van der Waals surface area contributed by atoms with E-state index < -0.39 is 0 Å². The number of rotatable bonds is 4. The van der Waals surface area contributed by atoms with Crippen LogP contribution in [0.15, 0.2) is 30.3 Å². The highest BCUT2D eigenvalue weighted by molar-refractivity contribution is 6.32. The van der Waals surface area contributed by atoms with Gasteiger partial charge in [0.1, 0.15) is 11.4 Å². The van der Waals surface area contributed by atoms with E-state index in [9.17, 15) is 9.59 Å². The standard InChI is InChI=1S/C13H11ClN2O3/c1-19-12-5-3-8(6-10(12)14)16-13(18)11-4-2-9(7-17)15-11/h2-7,15H,1H3,(H,16,18). The third kappa shape index (κ3) is 2.95. The molecule has 2 aromatic rings. The lowest BCUT2D eigenvalue weighted by Crippen LogP contribution is -2.12. The maximum atomic E-state index is 11.9. The van der Waals surface area contributed by atoms with E-state index in [2.05, 4.69) is 10.3 Å². The number of methoxy groups -OCH3 is 1. The Balaban J connectivity index is 2.14. The lowest BCUT2D eigenvalue weighted by Gasteiger charge is -2.07. The number of aromatic amines is 1. The van der Waals surface area contributed by atoms with Crippen molar-refractivity contribution in [2.45, 2.75) is 0 Å². The van der Waals surface area contributed by atoms with Crippen molar-refractivity contribution >= 4 is 29.5 Å². The van der Waals surface area contributed by atoms with Crippen LogP contribution >= 0.6 is 11.6 Å². The Morgan fingerprint density at radius 3 is 2.74 bits per heavy atom. The molecule has 0 saturated carbocycles. The first-order chi connectivity index (χ1) is 9.13. The fourth-order valence-electron chi connectivity index (χ4n) is 1.56. The summed E-state index contributed by atoms with van der Waals surface area (Å²) >= 11 is 5.96. The molecule has 1 amide bonds. The Bertz CT molecular complexity index is 622. The predicted octanol–water partition coefficient (Wildman–Crippen LogP) is 2.74. The molecule has 19 heavy (non-hydrogen) atoms. The van der Waals surface area contributed by atoms with Crippen LogP contribution in [0.4, 0.5) is 5.69 Å². The second-order valence-corrected chi connectivity index (χ2v) is 4.16. The lowest BCUT2D eigenvalue weighted by atomic mass is 10.3. The molecule has 0 aliphatic heterocycles. The second-order valence-electron chi connectivity index (χ2n) is 3.75. The van der Waals surface area contributed by atoms with Crippen LogP contribution < -0.4 is 10.1 Å². The summed E-state index contributed by atoms with van der Waals surface area (Å²) in [6.07, 6.45) is 0.640. The molecule has 0 spiro atoms. The number of aldehydes is 1. The van der Waals surface area contributed by atoms with Crippen LogP contribution in [-0.4, -0.2) is 24.3 Å². The summed E-state index contributed by atoms with van der Waals surface area (Å²) < 4.78 is 5.02. The Morgan fingerprint density at radius 1 is 1.37 bits per heavy atom. The SMILES string of the molecule is COc1ccc(NC(=O)c2ccc(C=O)[nH]2)cc1Cl. The van der Waals surface area contributed by atoms with E-state index in [0.29, 0.717) is 34.1 Å². The molecule has 1 heterocycles. The summed E-state index contributed by atoms with van der Waals surface area (Å²) in [5, 5.41) is 3.06. The Labute approximate surface area is 114 Å². The zero-order valence-electron chi connectivity index (χ0n) is 10.1. The van der Waals surface area contributed by atoms with Crippen LogP contribution in [-0.2, 0) is 0 Å². The summed E-state index contributed by atoms with van der Waals surface area (Å²) in [4.78, 5) is 25.1. The molecule has 98 valence electrons. The summed E-state index contributed by atoms with van der Waals surface area (Å²) in [7, 11) is 1.51. The summed E-state index contributed by atoms with van der Waals surface area (Å²) in [6.45, 7) is 0. The first-order valence-electron chi connectivity index (χ1n) is 5.43. The smallest absolute Gasteiger partial charge is 0.272 e. The quantitative estimate of drug-likeness (QED) is 0.845. The molecule has 0 fully saturated rings. The molecule has 0 atom stereocenters. The van der Waals surface area contributed by atoms with Crippen molar-refractivity contribution in [3.8, 4) is 5.75 Å². The van der Waals surface area contributed by atoms with E-state index >= 15 is 0 Å². The lowest BCUT2D eigenvalue weighted by molar-refractivity contribution is 0.102. The topological polar surface area (TPSA) is 71.2 Å². The third-order valence-corrected chi connectivity index (χ3v) is 2.79. The van der Waals surface area contributed by atoms with Crippen molar-refractivity contribution in [3.63, 3.8) is 0 Å². The first-order valence-corrected chi connectivity index (χ1v) is 5.81. The molecule has 2 N–H and O–H groups in total. The molecular weight excluding hydrogens is 268 g/mol. The van der Waals surface area contributed by atoms with Crippen molar-refractivity contribution < 1.29 is 14.3 Å². The zero-order chi connectivity index (χ0) is 13.8.